The summed E-state index contributed by atoms with van der Waals surface area (Å²) in [6, 6.07) is 3.68. The maximum absolute atomic E-state index is 12.5. The Morgan fingerprint density at radius 3 is 2.50 bits per heavy atom. The Labute approximate surface area is 113 Å². The number of nitrogens with one attached hydrogen (secondary N) is 2. The number of H-pyrrole nitrogens is 2. The van der Waals surface area contributed by atoms with E-state index < -0.39 is 5.56 Å². The number of hydrogen-bond donors (Lipinski definition) is 2. The third-order valence-corrected chi connectivity index (χ3v) is 3.44. The highest BCUT2D eigenvalue weighted by Gasteiger charge is 2.12. The lowest BCUT2D eigenvalue weighted by Gasteiger charge is -2.06. The molecule has 20 heavy (non-hydrogen) atoms. The zero-order chi connectivity index (χ0) is 14.4. The molecule has 1 aromatic carbocycles. The summed E-state index contributed by atoms with van der Waals surface area (Å²) < 4.78 is 4.89. The van der Waals surface area contributed by atoms with Crippen LogP contribution in [0.5, 0.6) is 6.01 Å². The van der Waals surface area contributed by atoms with E-state index in [4.69, 9.17) is 4.74 Å². The van der Waals surface area contributed by atoms with Gasteiger partial charge in [-0.3, -0.25) is 14.6 Å². The summed E-state index contributed by atoms with van der Waals surface area (Å²) in [5, 5.41) is 0.515. The van der Waals surface area contributed by atoms with Crippen LogP contribution in [-0.2, 0) is 0 Å². The highest BCUT2D eigenvalue weighted by molar-refractivity contribution is 5.90. The number of nitrogens with zero attached hydrogens (tertiary/aromatic N) is 1. The average molecular weight is 271 g/mol. The molecule has 0 bridgehead atoms. The second-order valence-corrected chi connectivity index (χ2v) is 4.73. The van der Waals surface area contributed by atoms with Crippen molar-refractivity contribution < 1.29 is 4.74 Å². The molecule has 0 saturated carbocycles. The number of aromatic nitrogens is 3. The smallest absolute Gasteiger partial charge is 0.296 e. The van der Waals surface area contributed by atoms with Crippen LogP contribution in [0.25, 0.3) is 21.9 Å². The number of hydrogen-bond acceptors (Lipinski definition) is 4. The largest absolute Gasteiger partial charge is 0.468 e. The summed E-state index contributed by atoms with van der Waals surface area (Å²) in [6.07, 6.45) is 0. The zero-order valence-electron chi connectivity index (χ0n) is 11.3. The molecule has 0 aliphatic carbocycles. The second-order valence-electron chi connectivity index (χ2n) is 4.73. The van der Waals surface area contributed by atoms with E-state index in [0.717, 1.165) is 11.1 Å². The Bertz CT molecular complexity index is 954. The normalized spacial score (nSPS) is 11.2. The minimum absolute atomic E-state index is 0.0242. The highest BCUT2D eigenvalue weighted by atomic mass is 16.5. The van der Waals surface area contributed by atoms with Crippen molar-refractivity contribution in [2.24, 2.45) is 0 Å². The van der Waals surface area contributed by atoms with Crippen LogP contribution in [0.4, 0.5) is 0 Å². The number of aryl methyl sites for hydroxylation is 2. The van der Waals surface area contributed by atoms with Crippen LogP contribution in [-0.4, -0.2) is 22.1 Å². The third kappa shape index (κ3) is 1.69. The monoisotopic (exact) mass is 271 g/mol. The van der Waals surface area contributed by atoms with Crippen LogP contribution in [0, 0.1) is 13.8 Å². The van der Waals surface area contributed by atoms with Gasteiger partial charge in [0.1, 0.15) is 11.0 Å². The Kier molecular flexibility index (Phi) is 2.60. The Morgan fingerprint density at radius 1 is 1.10 bits per heavy atom. The first-order chi connectivity index (χ1) is 9.51. The number of fused-ring (bicyclic) bond motifs is 2. The van der Waals surface area contributed by atoms with Gasteiger partial charge in [-0.2, -0.15) is 4.98 Å². The first kappa shape index (κ1) is 12.4. The molecule has 3 aromatic rings. The van der Waals surface area contributed by atoms with Crippen molar-refractivity contribution >= 4 is 21.9 Å². The fourth-order valence-corrected chi connectivity index (χ4v) is 2.20. The number of methoxy groups -OCH3 is 1. The van der Waals surface area contributed by atoms with Gasteiger partial charge in [0.25, 0.3) is 11.6 Å². The Morgan fingerprint density at radius 2 is 1.80 bits per heavy atom. The molecule has 2 aromatic heterocycles. The fourth-order valence-electron chi connectivity index (χ4n) is 2.20. The van der Waals surface area contributed by atoms with E-state index in [2.05, 4.69) is 15.0 Å². The zero-order valence-corrected chi connectivity index (χ0v) is 11.3. The molecule has 0 aliphatic rings. The number of ether oxygens (including phenoxy) is 1. The first-order valence-electron chi connectivity index (χ1n) is 6.12. The lowest BCUT2D eigenvalue weighted by atomic mass is 10.1. The van der Waals surface area contributed by atoms with Crippen LogP contribution in [0.1, 0.15) is 11.1 Å². The van der Waals surface area contributed by atoms with Gasteiger partial charge >= 0.3 is 0 Å². The molecule has 0 fully saturated rings. The van der Waals surface area contributed by atoms with Crippen molar-refractivity contribution in [1.82, 2.24) is 15.0 Å². The number of pyridine rings is 1. The van der Waals surface area contributed by atoms with Gasteiger partial charge < -0.3 is 9.72 Å². The third-order valence-electron chi connectivity index (χ3n) is 3.44. The fraction of sp³-hybridized carbons (Fsp3) is 0.214. The summed E-state index contributed by atoms with van der Waals surface area (Å²) >= 11 is 0. The lowest BCUT2D eigenvalue weighted by molar-refractivity contribution is 0.380. The number of benzene rings is 1. The predicted molar refractivity (Wildman–Crippen MR) is 76.5 cm³/mol. The molecule has 0 amide bonds. The quantitative estimate of drug-likeness (QED) is 0.655. The van der Waals surface area contributed by atoms with Crippen molar-refractivity contribution in [1.29, 1.82) is 0 Å². The Balaban J connectivity index is 2.57. The van der Waals surface area contributed by atoms with E-state index in [-0.39, 0.29) is 22.5 Å². The summed E-state index contributed by atoms with van der Waals surface area (Å²) in [5.41, 5.74) is 2.23. The number of aromatic amines is 2. The molecule has 3 rings (SSSR count). The first-order valence-corrected chi connectivity index (χ1v) is 6.12. The molecular formula is C14H13N3O3. The average Bonchev–Trinajstić information content (AvgIpc) is 2.42. The number of rotatable bonds is 1. The molecule has 6 heteroatoms. The van der Waals surface area contributed by atoms with E-state index >= 15 is 0 Å². The molecule has 0 radical (unpaired) electrons. The molecular weight excluding hydrogens is 258 g/mol. The SMILES string of the molecule is COc1nc2c(=O)c3cc(C)c(C)cc3[nH]c2c(=O)[nH]1. The maximum atomic E-state index is 12.5. The van der Waals surface area contributed by atoms with Gasteiger partial charge in [0, 0.05) is 5.39 Å². The van der Waals surface area contributed by atoms with Crippen LogP contribution in [0.15, 0.2) is 21.7 Å². The van der Waals surface area contributed by atoms with Crippen molar-refractivity contribution in [3.05, 3.63) is 43.8 Å². The van der Waals surface area contributed by atoms with E-state index in [1.165, 1.54) is 7.11 Å². The molecule has 102 valence electrons. The summed E-state index contributed by atoms with van der Waals surface area (Å²) in [5.74, 6) is 0. The molecule has 0 unspecified atom stereocenters. The molecule has 2 N–H and O–H groups in total. The van der Waals surface area contributed by atoms with E-state index in [1.807, 2.05) is 19.9 Å². The lowest BCUT2D eigenvalue weighted by Crippen LogP contribution is -2.17. The molecule has 0 aliphatic heterocycles. The summed E-state index contributed by atoms with van der Waals surface area (Å²) in [4.78, 5) is 33.9. The van der Waals surface area contributed by atoms with Crippen LogP contribution in [0.2, 0.25) is 0 Å². The molecule has 6 nitrogen and oxygen atoms in total. The van der Waals surface area contributed by atoms with Gasteiger partial charge in [0.05, 0.1) is 12.6 Å². The summed E-state index contributed by atoms with van der Waals surface area (Å²) in [6.45, 7) is 3.89. The highest BCUT2D eigenvalue weighted by Crippen LogP contribution is 2.17. The minimum Gasteiger partial charge on any atom is -0.468 e. The van der Waals surface area contributed by atoms with Gasteiger partial charge in [-0.15, -0.1) is 0 Å². The minimum atomic E-state index is -0.427. The van der Waals surface area contributed by atoms with Crippen molar-refractivity contribution in [3.8, 4) is 6.01 Å². The molecule has 0 spiro atoms. The van der Waals surface area contributed by atoms with E-state index in [0.29, 0.717) is 10.9 Å². The topological polar surface area (TPSA) is 87.8 Å². The van der Waals surface area contributed by atoms with Gasteiger partial charge in [-0.25, -0.2) is 0 Å². The van der Waals surface area contributed by atoms with E-state index in [9.17, 15) is 9.59 Å². The predicted octanol–water partition coefficient (Wildman–Crippen LogP) is 1.39. The molecule has 0 saturated heterocycles. The summed E-state index contributed by atoms with van der Waals surface area (Å²) in [7, 11) is 1.38. The molecule has 2 heterocycles. The van der Waals surface area contributed by atoms with Gasteiger partial charge in [-0.05, 0) is 37.1 Å². The van der Waals surface area contributed by atoms with Crippen LogP contribution >= 0.6 is 0 Å². The van der Waals surface area contributed by atoms with Gasteiger partial charge in [-0.1, -0.05) is 0 Å². The molecule has 0 atom stereocenters. The van der Waals surface area contributed by atoms with E-state index in [1.54, 1.807) is 6.07 Å². The Hall–Kier alpha value is -2.63. The van der Waals surface area contributed by atoms with Crippen molar-refractivity contribution in [3.63, 3.8) is 0 Å². The van der Waals surface area contributed by atoms with Gasteiger partial charge in [0.15, 0.2) is 0 Å². The van der Waals surface area contributed by atoms with Crippen LogP contribution < -0.4 is 15.7 Å². The maximum Gasteiger partial charge on any atom is 0.296 e. The second kappa shape index (κ2) is 4.19. The van der Waals surface area contributed by atoms with Crippen LogP contribution in [0.3, 0.4) is 0 Å². The van der Waals surface area contributed by atoms with Crippen molar-refractivity contribution in [2.75, 3.05) is 7.11 Å². The van der Waals surface area contributed by atoms with Gasteiger partial charge in [0.2, 0.25) is 5.43 Å². The van der Waals surface area contributed by atoms with Crippen molar-refractivity contribution in [2.45, 2.75) is 13.8 Å². The standard InChI is InChI=1S/C14H13N3O3/c1-6-4-8-9(5-7(6)2)15-11-10(12(8)18)16-14(20-3)17-13(11)19/h4-5H,1-3H3,(H,15,18)(H,16,17,19).